The van der Waals surface area contributed by atoms with E-state index in [1.54, 1.807) is 0 Å². The van der Waals surface area contributed by atoms with Crippen LogP contribution in [0.5, 0.6) is 0 Å². The molecule has 0 heterocycles. The van der Waals surface area contributed by atoms with Gasteiger partial charge >= 0.3 is 5.97 Å². The zero-order chi connectivity index (χ0) is 9.19. The molecule has 3 nitrogen and oxygen atoms in total. The predicted molar refractivity (Wildman–Crippen MR) is 47.1 cm³/mol. The lowest BCUT2D eigenvalue weighted by Crippen LogP contribution is -2.34. The largest absolute Gasteiger partial charge is 0.481 e. The van der Waals surface area contributed by atoms with E-state index in [-0.39, 0.29) is 5.41 Å². The minimum atomic E-state index is -0.616. The third-order valence-electron chi connectivity index (χ3n) is 2.73. The van der Waals surface area contributed by atoms with Crippen LogP contribution in [0.3, 0.4) is 0 Å². The second-order valence-corrected chi connectivity index (χ2v) is 3.55. The number of rotatable bonds is 5. The Kier molecular flexibility index (Phi) is 2.73. The lowest BCUT2D eigenvalue weighted by atomic mass is 10.1. The molecule has 0 aromatic heterocycles. The Labute approximate surface area is 73.4 Å². The minimum Gasteiger partial charge on any atom is -0.481 e. The number of hydrogen-bond donors (Lipinski definition) is 1. The summed E-state index contributed by atoms with van der Waals surface area (Å²) in [6, 6.07) is 0. The van der Waals surface area contributed by atoms with Gasteiger partial charge in [0, 0.05) is 6.54 Å². The van der Waals surface area contributed by atoms with Crippen molar-refractivity contribution in [2.75, 3.05) is 19.6 Å². The Morgan fingerprint density at radius 3 is 2.17 bits per heavy atom. The zero-order valence-corrected chi connectivity index (χ0v) is 7.84. The molecule has 1 fully saturated rings. The molecule has 1 aliphatic carbocycles. The van der Waals surface area contributed by atoms with E-state index in [0.717, 1.165) is 32.5 Å². The second-order valence-electron chi connectivity index (χ2n) is 3.55. The summed E-state index contributed by atoms with van der Waals surface area (Å²) in [5.74, 6) is -0.616. The Balaban J connectivity index is 2.44. The maximum Gasteiger partial charge on any atom is 0.310 e. The third-order valence-corrected chi connectivity index (χ3v) is 2.73. The summed E-state index contributed by atoms with van der Waals surface area (Å²) in [4.78, 5) is 13.0. The number of nitrogens with zero attached hydrogens (tertiary/aromatic N) is 1. The van der Waals surface area contributed by atoms with Gasteiger partial charge in [-0.25, -0.2) is 0 Å². The van der Waals surface area contributed by atoms with Gasteiger partial charge in [-0.15, -0.1) is 0 Å². The molecule has 0 amide bonds. The molecule has 1 rings (SSSR count). The van der Waals surface area contributed by atoms with Gasteiger partial charge in [-0.3, -0.25) is 4.79 Å². The lowest BCUT2D eigenvalue weighted by Gasteiger charge is -2.21. The van der Waals surface area contributed by atoms with Crippen molar-refractivity contribution in [3.8, 4) is 0 Å². The Morgan fingerprint density at radius 2 is 1.92 bits per heavy atom. The van der Waals surface area contributed by atoms with Gasteiger partial charge in [0.2, 0.25) is 0 Å². The molecule has 0 radical (unpaired) electrons. The van der Waals surface area contributed by atoms with E-state index in [1.807, 2.05) is 0 Å². The molecule has 0 aromatic carbocycles. The normalized spacial score (nSPS) is 19.6. The van der Waals surface area contributed by atoms with E-state index in [1.165, 1.54) is 0 Å². The van der Waals surface area contributed by atoms with Crippen LogP contribution >= 0.6 is 0 Å². The molecular weight excluding hydrogens is 154 g/mol. The summed E-state index contributed by atoms with van der Waals surface area (Å²) in [5, 5.41) is 8.92. The molecule has 0 atom stereocenters. The van der Waals surface area contributed by atoms with Crippen molar-refractivity contribution in [2.24, 2.45) is 5.41 Å². The van der Waals surface area contributed by atoms with Crippen molar-refractivity contribution < 1.29 is 9.90 Å². The summed E-state index contributed by atoms with van der Waals surface area (Å²) in [7, 11) is 0. The van der Waals surface area contributed by atoms with E-state index >= 15 is 0 Å². The van der Waals surface area contributed by atoms with Crippen LogP contribution < -0.4 is 0 Å². The van der Waals surface area contributed by atoms with Crippen LogP contribution in [0.2, 0.25) is 0 Å². The molecule has 70 valence electrons. The highest BCUT2D eigenvalue weighted by Crippen LogP contribution is 2.46. The van der Waals surface area contributed by atoms with Crippen LogP contribution in [0.15, 0.2) is 0 Å². The van der Waals surface area contributed by atoms with Crippen LogP contribution in [-0.4, -0.2) is 35.6 Å². The predicted octanol–water partition coefficient (Wildman–Crippen LogP) is 1.19. The molecule has 1 aliphatic rings. The first-order valence-electron chi connectivity index (χ1n) is 4.60. The van der Waals surface area contributed by atoms with Crippen LogP contribution in [0, 0.1) is 5.41 Å². The van der Waals surface area contributed by atoms with E-state index < -0.39 is 5.97 Å². The second kappa shape index (κ2) is 3.44. The first-order chi connectivity index (χ1) is 5.64. The van der Waals surface area contributed by atoms with E-state index in [4.69, 9.17) is 5.11 Å². The van der Waals surface area contributed by atoms with Crippen LogP contribution in [0.4, 0.5) is 0 Å². The van der Waals surface area contributed by atoms with Gasteiger partial charge in [0.25, 0.3) is 0 Å². The first-order valence-corrected chi connectivity index (χ1v) is 4.60. The molecule has 1 saturated carbocycles. The van der Waals surface area contributed by atoms with E-state index in [2.05, 4.69) is 18.7 Å². The number of carboxylic acids is 1. The average molecular weight is 171 g/mol. The zero-order valence-electron chi connectivity index (χ0n) is 7.84. The summed E-state index contributed by atoms with van der Waals surface area (Å²) in [5.41, 5.74) is -0.383. The smallest absolute Gasteiger partial charge is 0.310 e. The third kappa shape index (κ3) is 1.78. The highest BCUT2D eigenvalue weighted by atomic mass is 16.4. The quantitative estimate of drug-likeness (QED) is 0.675. The molecular formula is C9H17NO2. The van der Waals surface area contributed by atoms with Gasteiger partial charge in [0.1, 0.15) is 0 Å². The first kappa shape index (κ1) is 9.52. The fourth-order valence-corrected chi connectivity index (χ4v) is 1.47. The molecule has 3 heteroatoms. The van der Waals surface area contributed by atoms with E-state index in [0.29, 0.717) is 0 Å². The van der Waals surface area contributed by atoms with E-state index in [9.17, 15) is 4.79 Å². The number of aliphatic carboxylic acids is 1. The number of hydrogen-bond acceptors (Lipinski definition) is 2. The summed E-state index contributed by atoms with van der Waals surface area (Å²) >= 11 is 0. The lowest BCUT2D eigenvalue weighted by molar-refractivity contribution is -0.144. The summed E-state index contributed by atoms with van der Waals surface area (Å²) < 4.78 is 0. The van der Waals surface area contributed by atoms with Gasteiger partial charge in [-0.1, -0.05) is 13.8 Å². The van der Waals surface area contributed by atoms with Gasteiger partial charge in [-0.05, 0) is 25.9 Å². The van der Waals surface area contributed by atoms with Gasteiger partial charge in [0.05, 0.1) is 5.41 Å². The maximum atomic E-state index is 10.8. The van der Waals surface area contributed by atoms with Crippen LogP contribution in [0.1, 0.15) is 26.7 Å². The highest BCUT2D eigenvalue weighted by molar-refractivity contribution is 5.78. The molecule has 1 N–H and O–H groups in total. The SMILES string of the molecule is CCN(CC)CC1(C(=O)O)CC1. The summed E-state index contributed by atoms with van der Waals surface area (Å²) in [6.45, 7) is 6.77. The van der Waals surface area contributed by atoms with Crippen molar-refractivity contribution >= 4 is 5.97 Å². The van der Waals surface area contributed by atoms with Crippen molar-refractivity contribution in [1.29, 1.82) is 0 Å². The summed E-state index contributed by atoms with van der Waals surface area (Å²) in [6.07, 6.45) is 1.72. The molecule has 0 spiro atoms. The number of carbonyl (C=O) groups is 1. The van der Waals surface area contributed by atoms with Crippen molar-refractivity contribution in [2.45, 2.75) is 26.7 Å². The van der Waals surface area contributed by atoms with Crippen molar-refractivity contribution in [1.82, 2.24) is 4.90 Å². The molecule has 0 bridgehead atoms. The molecule has 0 aromatic rings. The monoisotopic (exact) mass is 171 g/mol. The minimum absolute atomic E-state index is 0.383. The molecule has 0 saturated heterocycles. The number of carboxylic acid groups (broad SMARTS) is 1. The fourth-order valence-electron chi connectivity index (χ4n) is 1.47. The molecule has 0 unspecified atom stereocenters. The van der Waals surface area contributed by atoms with Crippen LogP contribution in [-0.2, 0) is 4.79 Å². The van der Waals surface area contributed by atoms with Gasteiger partial charge in [0.15, 0.2) is 0 Å². The van der Waals surface area contributed by atoms with Crippen molar-refractivity contribution in [3.05, 3.63) is 0 Å². The van der Waals surface area contributed by atoms with Gasteiger partial charge < -0.3 is 10.0 Å². The highest BCUT2D eigenvalue weighted by Gasteiger charge is 2.50. The Bertz CT molecular complexity index is 171. The molecule has 0 aliphatic heterocycles. The van der Waals surface area contributed by atoms with Gasteiger partial charge in [-0.2, -0.15) is 0 Å². The Morgan fingerprint density at radius 1 is 1.42 bits per heavy atom. The molecule has 12 heavy (non-hydrogen) atoms. The maximum absolute atomic E-state index is 10.8. The van der Waals surface area contributed by atoms with Crippen molar-refractivity contribution in [3.63, 3.8) is 0 Å². The topological polar surface area (TPSA) is 40.5 Å². The fraction of sp³-hybridized carbons (Fsp3) is 0.889. The standard InChI is InChI=1S/C9H17NO2/c1-3-10(4-2)7-9(5-6-9)8(11)12/h3-7H2,1-2H3,(H,11,12). The average Bonchev–Trinajstić information content (AvgIpc) is 2.81. The van der Waals surface area contributed by atoms with Crippen LogP contribution in [0.25, 0.3) is 0 Å². The Hall–Kier alpha value is -0.570.